The van der Waals surface area contributed by atoms with Gasteiger partial charge in [0.05, 0.1) is 17.4 Å². The summed E-state index contributed by atoms with van der Waals surface area (Å²) in [5, 5.41) is 11.8. The van der Waals surface area contributed by atoms with E-state index in [1.54, 1.807) is 31.4 Å². The molecule has 6 heteroatoms. The summed E-state index contributed by atoms with van der Waals surface area (Å²) in [4.78, 5) is 23.4. The second-order valence-electron chi connectivity index (χ2n) is 6.91. The number of benzene rings is 1. The summed E-state index contributed by atoms with van der Waals surface area (Å²) in [6, 6.07) is 6.30. The van der Waals surface area contributed by atoms with Crippen molar-refractivity contribution in [3.8, 4) is 0 Å². The van der Waals surface area contributed by atoms with Crippen molar-refractivity contribution in [2.45, 2.75) is 44.0 Å². The van der Waals surface area contributed by atoms with Gasteiger partial charge in [-0.2, -0.15) is 0 Å². The highest BCUT2D eigenvalue weighted by Crippen LogP contribution is 2.26. The van der Waals surface area contributed by atoms with E-state index in [1.807, 2.05) is 18.2 Å². The van der Waals surface area contributed by atoms with E-state index in [-0.39, 0.29) is 29.6 Å². The van der Waals surface area contributed by atoms with E-state index in [9.17, 15) is 14.7 Å². The lowest BCUT2D eigenvalue weighted by Crippen LogP contribution is -2.32. The van der Waals surface area contributed by atoms with E-state index in [4.69, 9.17) is 9.47 Å². The summed E-state index contributed by atoms with van der Waals surface area (Å²) in [5.74, 6) is -1.49. The highest BCUT2D eigenvalue weighted by atomic mass is 16.5. The fourth-order valence-electron chi connectivity index (χ4n) is 3.47. The number of allylic oxidation sites excluding steroid dienone is 3. The Labute approximate surface area is 164 Å². The minimum atomic E-state index is -1.09. The average Bonchev–Trinajstić information content (AvgIpc) is 3.20. The third-order valence-corrected chi connectivity index (χ3v) is 4.93. The number of rotatable bonds is 7. The Morgan fingerprint density at radius 2 is 1.93 bits per heavy atom. The van der Waals surface area contributed by atoms with E-state index < -0.39 is 11.9 Å². The second-order valence-corrected chi connectivity index (χ2v) is 6.91. The first kappa shape index (κ1) is 20.0. The zero-order valence-electron chi connectivity index (χ0n) is 15.8. The van der Waals surface area contributed by atoms with Gasteiger partial charge in [0.15, 0.2) is 0 Å². The largest absolute Gasteiger partial charge is 0.478 e. The summed E-state index contributed by atoms with van der Waals surface area (Å²) in [7, 11) is 1.65. The molecule has 2 aliphatic rings. The topological polar surface area (TPSA) is 84.9 Å². The molecule has 0 aromatic heterocycles. The molecule has 1 aromatic rings. The van der Waals surface area contributed by atoms with Gasteiger partial charge < -0.3 is 19.9 Å². The summed E-state index contributed by atoms with van der Waals surface area (Å²) in [5.41, 5.74) is 1.16. The first-order chi connectivity index (χ1) is 13.6. The number of aromatic carboxylic acids is 1. The number of hydrogen-bond donors (Lipinski definition) is 2. The number of methoxy groups -OCH3 is 1. The number of carbonyl (C=O) groups is 2. The van der Waals surface area contributed by atoms with Crippen LogP contribution in [0, 0.1) is 0 Å². The maximum atomic E-state index is 12.2. The smallest absolute Gasteiger partial charge is 0.337 e. The molecule has 0 radical (unpaired) electrons. The van der Waals surface area contributed by atoms with Gasteiger partial charge in [0.25, 0.3) is 0 Å². The monoisotopic (exact) mass is 383 g/mol. The Morgan fingerprint density at radius 1 is 1.18 bits per heavy atom. The molecule has 0 spiro atoms. The number of ether oxygens (including phenoxy) is 2. The van der Waals surface area contributed by atoms with Gasteiger partial charge >= 0.3 is 5.97 Å². The number of carboxylic acid groups (broad SMARTS) is 1. The number of anilines is 1. The Hall–Kier alpha value is -2.70. The predicted octanol–water partition coefficient (Wildman–Crippen LogP) is 3.72. The predicted molar refractivity (Wildman–Crippen MR) is 106 cm³/mol. The molecule has 3 rings (SSSR count). The molecule has 0 saturated heterocycles. The number of carboxylic acids is 1. The quantitative estimate of drug-likeness (QED) is 0.701. The van der Waals surface area contributed by atoms with Crippen molar-refractivity contribution >= 4 is 17.6 Å². The molecule has 28 heavy (non-hydrogen) atoms. The lowest BCUT2D eigenvalue weighted by molar-refractivity contribution is -0.111. The molecule has 2 N–H and O–H groups in total. The Bertz CT molecular complexity index is 805. The van der Waals surface area contributed by atoms with Gasteiger partial charge in [0, 0.05) is 13.2 Å². The number of hydrogen-bond acceptors (Lipinski definition) is 4. The zero-order valence-corrected chi connectivity index (χ0v) is 15.8. The molecule has 148 valence electrons. The van der Waals surface area contributed by atoms with E-state index in [2.05, 4.69) is 5.32 Å². The average molecular weight is 383 g/mol. The highest BCUT2D eigenvalue weighted by molar-refractivity contribution is 6.04. The molecule has 0 heterocycles. The minimum absolute atomic E-state index is 0.0500. The molecule has 1 fully saturated rings. The molecule has 2 aliphatic carbocycles. The maximum absolute atomic E-state index is 12.2. The van der Waals surface area contributed by atoms with Gasteiger partial charge in [0.1, 0.15) is 12.2 Å². The lowest BCUT2D eigenvalue weighted by Gasteiger charge is -2.27. The van der Waals surface area contributed by atoms with Gasteiger partial charge in [-0.05, 0) is 42.7 Å². The SMILES string of the molecule is COC1C=CC(/C=C/C(=O)Nc2ccccc2C(=O)O)=CC1OC1CCCC1. The van der Waals surface area contributed by atoms with Crippen LogP contribution in [0.15, 0.2) is 60.2 Å². The number of para-hydroxylation sites is 1. The number of amides is 1. The summed E-state index contributed by atoms with van der Waals surface area (Å²) >= 11 is 0. The van der Waals surface area contributed by atoms with Crippen LogP contribution in [0.2, 0.25) is 0 Å². The van der Waals surface area contributed by atoms with Crippen LogP contribution < -0.4 is 5.32 Å². The molecule has 1 saturated carbocycles. The van der Waals surface area contributed by atoms with Crippen molar-refractivity contribution in [1.29, 1.82) is 0 Å². The molecular formula is C22H25NO5. The minimum Gasteiger partial charge on any atom is -0.478 e. The maximum Gasteiger partial charge on any atom is 0.337 e. The van der Waals surface area contributed by atoms with Crippen molar-refractivity contribution in [3.05, 3.63) is 65.8 Å². The summed E-state index contributed by atoms with van der Waals surface area (Å²) in [6.07, 6.45) is 13.3. The van der Waals surface area contributed by atoms with Crippen LogP contribution in [0.25, 0.3) is 0 Å². The third kappa shape index (κ3) is 5.18. The van der Waals surface area contributed by atoms with Crippen molar-refractivity contribution in [1.82, 2.24) is 0 Å². The normalized spacial score (nSPS) is 22.4. The lowest BCUT2D eigenvalue weighted by atomic mass is 10.0. The van der Waals surface area contributed by atoms with E-state index in [0.29, 0.717) is 0 Å². The van der Waals surface area contributed by atoms with Gasteiger partial charge in [-0.1, -0.05) is 37.1 Å². The Morgan fingerprint density at radius 3 is 2.64 bits per heavy atom. The van der Waals surface area contributed by atoms with Gasteiger partial charge in [-0.3, -0.25) is 4.79 Å². The third-order valence-electron chi connectivity index (χ3n) is 4.93. The van der Waals surface area contributed by atoms with Crippen molar-refractivity contribution in [2.75, 3.05) is 12.4 Å². The molecule has 6 nitrogen and oxygen atoms in total. The molecule has 0 aliphatic heterocycles. The van der Waals surface area contributed by atoms with Crippen LogP contribution in [-0.4, -0.2) is 42.4 Å². The molecule has 0 bridgehead atoms. The van der Waals surface area contributed by atoms with Crippen LogP contribution >= 0.6 is 0 Å². The van der Waals surface area contributed by atoms with E-state index in [1.165, 1.54) is 25.0 Å². The fraction of sp³-hybridized carbons (Fsp3) is 0.364. The highest BCUT2D eigenvalue weighted by Gasteiger charge is 2.26. The van der Waals surface area contributed by atoms with Crippen LogP contribution in [0.3, 0.4) is 0 Å². The van der Waals surface area contributed by atoms with Crippen LogP contribution in [0.4, 0.5) is 5.69 Å². The van der Waals surface area contributed by atoms with Crippen molar-refractivity contribution in [2.24, 2.45) is 0 Å². The standard InChI is InChI=1S/C22H25NO5/c1-27-19-12-10-15(14-20(19)28-16-6-2-3-7-16)11-13-21(24)23-18-9-5-4-8-17(18)22(25)26/h4-5,8-14,16,19-20H,2-3,6-7H2,1H3,(H,23,24)(H,25,26)/b13-11+. The van der Waals surface area contributed by atoms with Crippen LogP contribution in [0.5, 0.6) is 0 Å². The first-order valence-electron chi connectivity index (χ1n) is 9.46. The molecule has 2 unspecified atom stereocenters. The van der Waals surface area contributed by atoms with E-state index in [0.717, 1.165) is 18.4 Å². The van der Waals surface area contributed by atoms with Crippen LogP contribution in [-0.2, 0) is 14.3 Å². The van der Waals surface area contributed by atoms with Gasteiger partial charge in [0.2, 0.25) is 5.91 Å². The van der Waals surface area contributed by atoms with Gasteiger partial charge in [-0.15, -0.1) is 0 Å². The molecule has 2 atom stereocenters. The second kappa shape index (κ2) is 9.48. The first-order valence-corrected chi connectivity index (χ1v) is 9.46. The Kier molecular flexibility index (Phi) is 6.79. The summed E-state index contributed by atoms with van der Waals surface area (Å²) in [6.45, 7) is 0. The van der Waals surface area contributed by atoms with E-state index >= 15 is 0 Å². The van der Waals surface area contributed by atoms with Crippen molar-refractivity contribution < 1.29 is 24.2 Å². The molecule has 1 aromatic carbocycles. The fourth-order valence-corrected chi connectivity index (χ4v) is 3.47. The molecule has 1 amide bonds. The van der Waals surface area contributed by atoms with Gasteiger partial charge in [-0.25, -0.2) is 4.79 Å². The number of carbonyl (C=O) groups excluding carboxylic acids is 1. The molecular weight excluding hydrogens is 358 g/mol. The van der Waals surface area contributed by atoms with Crippen molar-refractivity contribution in [3.63, 3.8) is 0 Å². The number of nitrogens with one attached hydrogen (secondary N) is 1. The van der Waals surface area contributed by atoms with Crippen LogP contribution in [0.1, 0.15) is 36.0 Å². The zero-order chi connectivity index (χ0) is 19.9. The Balaban J connectivity index is 1.65. The summed E-state index contributed by atoms with van der Waals surface area (Å²) < 4.78 is 11.7.